The summed E-state index contributed by atoms with van der Waals surface area (Å²) in [5.41, 5.74) is 0.521. The summed E-state index contributed by atoms with van der Waals surface area (Å²) in [5.74, 6) is 0. The van der Waals surface area contributed by atoms with Crippen molar-refractivity contribution in [2.24, 2.45) is 0 Å². The van der Waals surface area contributed by atoms with Gasteiger partial charge in [0.05, 0.1) is 17.4 Å². The Kier molecular flexibility index (Phi) is 5.17. The zero-order valence-electron chi connectivity index (χ0n) is 11.0. The van der Waals surface area contributed by atoms with Crippen LogP contribution in [0.25, 0.3) is 0 Å². The highest BCUT2D eigenvalue weighted by atomic mass is 32.2. The summed E-state index contributed by atoms with van der Waals surface area (Å²) in [4.78, 5) is -0.143. The summed E-state index contributed by atoms with van der Waals surface area (Å²) >= 11 is 0. The van der Waals surface area contributed by atoms with Crippen molar-refractivity contribution >= 4 is 10.0 Å². The van der Waals surface area contributed by atoms with E-state index in [0.717, 1.165) is 6.92 Å². The van der Waals surface area contributed by atoms with Gasteiger partial charge in [-0.3, -0.25) is 0 Å². The van der Waals surface area contributed by atoms with Crippen LogP contribution >= 0.6 is 0 Å². The fourth-order valence-corrected chi connectivity index (χ4v) is 2.89. The Balaban J connectivity index is 2.83. The van der Waals surface area contributed by atoms with E-state index in [0.29, 0.717) is 5.56 Å². The van der Waals surface area contributed by atoms with Gasteiger partial charge in [0.2, 0.25) is 10.0 Å². The molecule has 0 spiro atoms. The lowest BCUT2D eigenvalue weighted by Gasteiger charge is -2.16. The maximum Gasteiger partial charge on any atom is 0.390 e. The molecule has 4 nitrogen and oxygen atoms in total. The lowest BCUT2D eigenvalue weighted by Crippen LogP contribution is -2.35. The van der Waals surface area contributed by atoms with Crippen LogP contribution in [0.1, 0.15) is 31.9 Å². The molecular weight excluding hydrogens is 295 g/mol. The van der Waals surface area contributed by atoms with Gasteiger partial charge in [-0.05, 0) is 31.5 Å². The first-order valence-electron chi connectivity index (χ1n) is 5.88. The minimum atomic E-state index is -4.43. The number of hydrogen-bond acceptors (Lipinski definition) is 3. The van der Waals surface area contributed by atoms with E-state index in [9.17, 15) is 26.7 Å². The van der Waals surface area contributed by atoms with Gasteiger partial charge in [-0.1, -0.05) is 12.1 Å². The van der Waals surface area contributed by atoms with Crippen LogP contribution in [0.15, 0.2) is 29.2 Å². The summed E-state index contributed by atoms with van der Waals surface area (Å²) in [7, 11) is -4.01. The van der Waals surface area contributed by atoms with Gasteiger partial charge >= 0.3 is 6.18 Å². The molecule has 0 fully saturated rings. The molecule has 2 unspecified atom stereocenters. The number of aliphatic hydroxyl groups is 1. The fraction of sp³-hybridized carbons (Fsp3) is 0.500. The quantitative estimate of drug-likeness (QED) is 0.877. The summed E-state index contributed by atoms with van der Waals surface area (Å²) < 4.78 is 62.2. The highest BCUT2D eigenvalue weighted by molar-refractivity contribution is 7.89. The van der Waals surface area contributed by atoms with Gasteiger partial charge < -0.3 is 5.11 Å². The Morgan fingerprint density at radius 1 is 1.20 bits per heavy atom. The van der Waals surface area contributed by atoms with Crippen molar-refractivity contribution in [2.75, 3.05) is 0 Å². The van der Waals surface area contributed by atoms with Crippen molar-refractivity contribution in [1.29, 1.82) is 0 Å². The van der Waals surface area contributed by atoms with Crippen molar-refractivity contribution < 1.29 is 26.7 Å². The molecule has 20 heavy (non-hydrogen) atoms. The van der Waals surface area contributed by atoms with Crippen LogP contribution in [0.5, 0.6) is 0 Å². The topological polar surface area (TPSA) is 66.4 Å². The maximum absolute atomic E-state index is 12.2. The molecule has 2 N–H and O–H groups in total. The zero-order chi connectivity index (χ0) is 15.6. The number of sulfonamides is 1. The molecule has 0 aromatic heterocycles. The second kappa shape index (κ2) is 6.11. The molecule has 1 aromatic carbocycles. The number of halogens is 3. The van der Waals surface area contributed by atoms with Crippen LogP contribution in [0, 0.1) is 0 Å². The van der Waals surface area contributed by atoms with Gasteiger partial charge in [0.25, 0.3) is 0 Å². The molecule has 0 aliphatic heterocycles. The number of rotatable bonds is 5. The SMILES string of the molecule is CC(CC(F)(F)F)NS(=O)(=O)c1ccc(C(C)O)cc1. The molecule has 0 bridgehead atoms. The molecule has 2 atom stereocenters. The first-order chi connectivity index (χ1) is 9.01. The predicted octanol–water partition coefficient (Wildman–Crippen LogP) is 2.36. The van der Waals surface area contributed by atoms with Gasteiger partial charge in [0.1, 0.15) is 0 Å². The van der Waals surface area contributed by atoms with Gasteiger partial charge in [-0.2, -0.15) is 13.2 Å². The molecule has 114 valence electrons. The molecule has 1 aromatic rings. The van der Waals surface area contributed by atoms with E-state index >= 15 is 0 Å². The van der Waals surface area contributed by atoms with Crippen molar-refractivity contribution in [3.05, 3.63) is 29.8 Å². The maximum atomic E-state index is 12.2. The number of hydrogen-bond donors (Lipinski definition) is 2. The number of benzene rings is 1. The normalized spacial score (nSPS) is 15.9. The third kappa shape index (κ3) is 5.10. The second-order valence-corrected chi connectivity index (χ2v) is 6.30. The van der Waals surface area contributed by atoms with Crippen molar-refractivity contribution in [3.8, 4) is 0 Å². The van der Waals surface area contributed by atoms with Crippen LogP contribution in [0.2, 0.25) is 0 Å². The van der Waals surface area contributed by atoms with Gasteiger partial charge in [-0.15, -0.1) is 0 Å². The van der Waals surface area contributed by atoms with E-state index in [1.54, 1.807) is 0 Å². The third-order valence-electron chi connectivity index (χ3n) is 2.57. The van der Waals surface area contributed by atoms with Crippen LogP contribution in [-0.4, -0.2) is 25.7 Å². The largest absolute Gasteiger partial charge is 0.390 e. The molecule has 0 radical (unpaired) electrons. The first kappa shape index (κ1) is 16.9. The molecule has 1 rings (SSSR count). The average molecular weight is 311 g/mol. The van der Waals surface area contributed by atoms with E-state index in [-0.39, 0.29) is 4.90 Å². The Bertz CT molecular complexity index is 538. The Hall–Kier alpha value is -1.12. The lowest BCUT2D eigenvalue weighted by molar-refractivity contribution is -0.137. The van der Waals surface area contributed by atoms with Crippen LogP contribution in [-0.2, 0) is 10.0 Å². The van der Waals surface area contributed by atoms with E-state index in [1.807, 2.05) is 4.72 Å². The zero-order valence-corrected chi connectivity index (χ0v) is 11.8. The van der Waals surface area contributed by atoms with Crippen molar-refractivity contribution in [1.82, 2.24) is 4.72 Å². The Morgan fingerprint density at radius 3 is 2.10 bits per heavy atom. The molecule has 0 saturated carbocycles. The Labute approximate surface area is 115 Å². The molecule has 8 heteroatoms. The standard InChI is InChI=1S/C12H16F3NO3S/c1-8(7-12(13,14)15)16-20(18,19)11-5-3-10(4-6-11)9(2)17/h3-6,8-9,16-17H,7H2,1-2H3. The number of alkyl halides is 3. The van der Waals surface area contributed by atoms with Gasteiger partial charge in [-0.25, -0.2) is 13.1 Å². The predicted molar refractivity (Wildman–Crippen MR) is 67.5 cm³/mol. The first-order valence-corrected chi connectivity index (χ1v) is 7.37. The van der Waals surface area contributed by atoms with Crippen molar-refractivity contribution in [3.63, 3.8) is 0 Å². The summed E-state index contributed by atoms with van der Waals surface area (Å²) in [6, 6.07) is 4.05. The van der Waals surface area contributed by atoms with Crippen molar-refractivity contribution in [2.45, 2.75) is 43.5 Å². The lowest BCUT2D eigenvalue weighted by atomic mass is 10.1. The third-order valence-corrected chi connectivity index (χ3v) is 4.17. The molecule has 0 saturated heterocycles. The highest BCUT2D eigenvalue weighted by Crippen LogP contribution is 2.22. The summed E-state index contributed by atoms with van der Waals surface area (Å²) in [6.45, 7) is 2.67. The number of nitrogens with one attached hydrogen (secondary N) is 1. The summed E-state index contributed by atoms with van der Waals surface area (Å²) in [5, 5.41) is 9.30. The van der Waals surface area contributed by atoms with Gasteiger partial charge in [0.15, 0.2) is 0 Å². The van der Waals surface area contributed by atoms with Gasteiger partial charge in [0, 0.05) is 6.04 Å². The highest BCUT2D eigenvalue weighted by Gasteiger charge is 2.31. The molecule has 0 heterocycles. The molecule has 0 aliphatic rings. The number of aliphatic hydroxyl groups excluding tert-OH is 1. The van der Waals surface area contributed by atoms with E-state index in [1.165, 1.54) is 31.2 Å². The minimum Gasteiger partial charge on any atom is -0.389 e. The fourth-order valence-electron chi connectivity index (χ4n) is 1.65. The van der Waals surface area contributed by atoms with Crippen LogP contribution < -0.4 is 4.72 Å². The second-order valence-electron chi connectivity index (χ2n) is 4.59. The monoisotopic (exact) mass is 311 g/mol. The minimum absolute atomic E-state index is 0.143. The van der Waals surface area contributed by atoms with E-state index < -0.39 is 34.8 Å². The van der Waals surface area contributed by atoms with E-state index in [4.69, 9.17) is 0 Å². The van der Waals surface area contributed by atoms with Crippen LogP contribution in [0.3, 0.4) is 0 Å². The molecular formula is C12H16F3NO3S. The van der Waals surface area contributed by atoms with Crippen LogP contribution in [0.4, 0.5) is 13.2 Å². The molecule has 0 amide bonds. The summed E-state index contributed by atoms with van der Waals surface area (Å²) in [6.07, 6.45) is -6.42. The van der Waals surface area contributed by atoms with E-state index in [2.05, 4.69) is 0 Å². The average Bonchev–Trinajstić information content (AvgIpc) is 2.25. The Morgan fingerprint density at radius 2 is 1.70 bits per heavy atom. The molecule has 0 aliphatic carbocycles. The smallest absolute Gasteiger partial charge is 0.389 e.